The van der Waals surface area contributed by atoms with Gasteiger partial charge in [0.1, 0.15) is 5.76 Å². The van der Waals surface area contributed by atoms with Crippen molar-refractivity contribution in [1.82, 2.24) is 15.5 Å². The Morgan fingerprint density at radius 3 is 2.46 bits per heavy atom. The molecule has 7 heteroatoms. The lowest BCUT2D eigenvalue weighted by molar-refractivity contribution is -0.121. The summed E-state index contributed by atoms with van der Waals surface area (Å²) in [5, 5.41) is 4.88. The first-order valence-electron chi connectivity index (χ1n) is 9.44. The highest BCUT2D eigenvalue weighted by atomic mass is 16.3. The molecule has 148 valence electrons. The van der Waals surface area contributed by atoms with E-state index in [0.29, 0.717) is 31.7 Å². The number of piperidine rings is 1. The van der Waals surface area contributed by atoms with Crippen LogP contribution in [0.4, 0.5) is 4.79 Å². The second-order valence-electron chi connectivity index (χ2n) is 7.09. The largest absolute Gasteiger partial charge is 0.467 e. The van der Waals surface area contributed by atoms with Gasteiger partial charge in [0.25, 0.3) is 0 Å². The number of urea groups is 1. The highest BCUT2D eigenvalue weighted by Gasteiger charge is 2.26. The zero-order valence-electron chi connectivity index (χ0n) is 15.9. The first kappa shape index (κ1) is 19.8. The van der Waals surface area contributed by atoms with Gasteiger partial charge >= 0.3 is 6.03 Å². The number of aryl methyl sites for hydroxylation is 1. The summed E-state index contributed by atoms with van der Waals surface area (Å²) >= 11 is 0. The molecule has 1 fully saturated rings. The molecule has 0 spiro atoms. The summed E-state index contributed by atoms with van der Waals surface area (Å²) in [4.78, 5) is 38.4. The van der Waals surface area contributed by atoms with Gasteiger partial charge in [-0.05, 0) is 45.0 Å². The standard InChI is InChI=1S/C21H25N3O4/c1-15-4-6-16(7-5-15)20(26)17-8-10-24(11-9-17)14-19(25)23-21(27)22-13-18-3-2-12-28-18/h2-7,12,17H,8-11,13-14H2,1H3,(H2,22,23,25,27). The van der Waals surface area contributed by atoms with E-state index in [0.717, 1.165) is 11.1 Å². The molecule has 1 aromatic carbocycles. The van der Waals surface area contributed by atoms with Crippen molar-refractivity contribution in [1.29, 1.82) is 0 Å². The molecule has 1 aliphatic rings. The molecule has 0 unspecified atom stereocenters. The van der Waals surface area contributed by atoms with E-state index in [1.54, 1.807) is 12.1 Å². The van der Waals surface area contributed by atoms with Crippen LogP contribution in [0.3, 0.4) is 0 Å². The van der Waals surface area contributed by atoms with Gasteiger partial charge in [-0.25, -0.2) is 4.79 Å². The van der Waals surface area contributed by atoms with Crippen LogP contribution in [0, 0.1) is 12.8 Å². The minimum absolute atomic E-state index is 0.0152. The van der Waals surface area contributed by atoms with E-state index in [4.69, 9.17) is 4.42 Å². The molecule has 0 radical (unpaired) electrons. The summed E-state index contributed by atoms with van der Waals surface area (Å²) in [6, 6.07) is 10.6. The van der Waals surface area contributed by atoms with Crippen LogP contribution in [-0.4, -0.2) is 42.3 Å². The minimum atomic E-state index is -0.550. The first-order chi connectivity index (χ1) is 13.5. The fourth-order valence-electron chi connectivity index (χ4n) is 3.30. The third-order valence-electron chi connectivity index (χ3n) is 4.92. The molecular weight excluding hydrogens is 358 g/mol. The Morgan fingerprint density at radius 2 is 1.82 bits per heavy atom. The number of nitrogens with zero attached hydrogens (tertiary/aromatic N) is 1. The van der Waals surface area contributed by atoms with Gasteiger partial charge in [0.05, 0.1) is 19.4 Å². The summed E-state index contributed by atoms with van der Waals surface area (Å²) in [7, 11) is 0. The molecule has 28 heavy (non-hydrogen) atoms. The van der Waals surface area contributed by atoms with Gasteiger partial charge in [0.15, 0.2) is 5.78 Å². The lowest BCUT2D eigenvalue weighted by atomic mass is 9.88. The second-order valence-corrected chi connectivity index (χ2v) is 7.09. The van der Waals surface area contributed by atoms with E-state index in [9.17, 15) is 14.4 Å². The number of carbonyl (C=O) groups excluding carboxylic acids is 3. The lowest BCUT2D eigenvalue weighted by Gasteiger charge is -2.30. The van der Waals surface area contributed by atoms with E-state index < -0.39 is 6.03 Å². The maximum absolute atomic E-state index is 12.6. The van der Waals surface area contributed by atoms with Crippen molar-refractivity contribution in [2.45, 2.75) is 26.3 Å². The smallest absolute Gasteiger partial charge is 0.321 e. The summed E-state index contributed by atoms with van der Waals surface area (Å²) in [6.45, 7) is 3.67. The van der Waals surface area contributed by atoms with E-state index in [2.05, 4.69) is 10.6 Å². The van der Waals surface area contributed by atoms with Gasteiger partial charge in [-0.3, -0.25) is 19.8 Å². The van der Waals surface area contributed by atoms with Crippen molar-refractivity contribution >= 4 is 17.7 Å². The Morgan fingerprint density at radius 1 is 1.11 bits per heavy atom. The number of hydrogen-bond acceptors (Lipinski definition) is 5. The Labute approximate surface area is 164 Å². The molecule has 2 heterocycles. The monoisotopic (exact) mass is 383 g/mol. The Kier molecular flexibility index (Phi) is 6.60. The molecular formula is C21H25N3O4. The molecule has 7 nitrogen and oxygen atoms in total. The lowest BCUT2D eigenvalue weighted by Crippen LogP contribution is -2.46. The number of ketones is 1. The van der Waals surface area contributed by atoms with Crippen LogP contribution in [0.5, 0.6) is 0 Å². The van der Waals surface area contributed by atoms with Gasteiger partial charge in [0.2, 0.25) is 5.91 Å². The molecule has 0 atom stereocenters. The molecule has 1 saturated heterocycles. The van der Waals surface area contributed by atoms with Crippen molar-refractivity contribution in [3.8, 4) is 0 Å². The van der Waals surface area contributed by atoms with E-state index >= 15 is 0 Å². The predicted octanol–water partition coefficient (Wildman–Crippen LogP) is 2.51. The van der Waals surface area contributed by atoms with Crippen LogP contribution in [-0.2, 0) is 11.3 Å². The van der Waals surface area contributed by atoms with Crippen LogP contribution in [0.15, 0.2) is 47.1 Å². The number of nitrogens with one attached hydrogen (secondary N) is 2. The van der Waals surface area contributed by atoms with Gasteiger partial charge < -0.3 is 9.73 Å². The normalized spacial score (nSPS) is 15.2. The van der Waals surface area contributed by atoms with Crippen molar-refractivity contribution in [2.75, 3.05) is 19.6 Å². The summed E-state index contributed by atoms with van der Waals surface area (Å²) in [5.74, 6) is 0.406. The molecule has 2 aromatic rings. The van der Waals surface area contributed by atoms with Crippen molar-refractivity contribution in [2.24, 2.45) is 5.92 Å². The fraction of sp³-hybridized carbons (Fsp3) is 0.381. The molecule has 3 rings (SSSR count). The number of hydrogen-bond donors (Lipinski definition) is 2. The molecule has 0 saturated carbocycles. The molecule has 1 aliphatic heterocycles. The number of Topliss-reactive ketones (excluding diaryl/α,β-unsaturated/α-hetero) is 1. The van der Waals surface area contributed by atoms with Crippen molar-refractivity contribution < 1.29 is 18.8 Å². The highest BCUT2D eigenvalue weighted by molar-refractivity contribution is 5.98. The number of rotatable bonds is 6. The number of carbonyl (C=O) groups is 3. The number of likely N-dealkylation sites (tertiary alicyclic amines) is 1. The average Bonchev–Trinajstić information content (AvgIpc) is 3.21. The highest BCUT2D eigenvalue weighted by Crippen LogP contribution is 2.21. The number of benzene rings is 1. The quantitative estimate of drug-likeness (QED) is 0.748. The summed E-state index contributed by atoms with van der Waals surface area (Å²) in [5.41, 5.74) is 1.88. The molecule has 1 aromatic heterocycles. The molecule has 2 N–H and O–H groups in total. The maximum Gasteiger partial charge on any atom is 0.321 e. The van der Waals surface area contributed by atoms with Gasteiger partial charge in [-0.2, -0.15) is 0 Å². The van der Waals surface area contributed by atoms with Crippen LogP contribution in [0.1, 0.15) is 34.5 Å². The van der Waals surface area contributed by atoms with Crippen LogP contribution < -0.4 is 10.6 Å². The molecule has 0 aliphatic carbocycles. The second kappa shape index (κ2) is 9.32. The predicted molar refractivity (Wildman–Crippen MR) is 104 cm³/mol. The SMILES string of the molecule is Cc1ccc(C(=O)C2CCN(CC(=O)NC(=O)NCc3ccco3)CC2)cc1. The summed E-state index contributed by atoms with van der Waals surface area (Å²) < 4.78 is 5.11. The zero-order valence-corrected chi connectivity index (χ0v) is 15.9. The Hall–Kier alpha value is -2.93. The molecule has 3 amide bonds. The van der Waals surface area contributed by atoms with E-state index in [1.807, 2.05) is 36.1 Å². The van der Waals surface area contributed by atoms with Crippen LogP contribution in [0.2, 0.25) is 0 Å². The van der Waals surface area contributed by atoms with E-state index in [-0.39, 0.29) is 30.7 Å². The first-order valence-corrected chi connectivity index (χ1v) is 9.44. The maximum atomic E-state index is 12.6. The van der Waals surface area contributed by atoms with Gasteiger partial charge in [-0.15, -0.1) is 0 Å². The third-order valence-corrected chi connectivity index (χ3v) is 4.92. The topological polar surface area (TPSA) is 91.7 Å². The number of amides is 3. The third kappa shape index (κ3) is 5.53. The summed E-state index contributed by atoms with van der Waals surface area (Å²) in [6.07, 6.45) is 2.95. The number of imide groups is 1. The zero-order chi connectivity index (χ0) is 19.9. The van der Waals surface area contributed by atoms with Gasteiger partial charge in [0, 0.05) is 11.5 Å². The fourth-order valence-corrected chi connectivity index (χ4v) is 3.30. The van der Waals surface area contributed by atoms with Crippen LogP contribution >= 0.6 is 0 Å². The van der Waals surface area contributed by atoms with Crippen molar-refractivity contribution in [3.05, 3.63) is 59.5 Å². The van der Waals surface area contributed by atoms with Crippen LogP contribution in [0.25, 0.3) is 0 Å². The van der Waals surface area contributed by atoms with Crippen molar-refractivity contribution in [3.63, 3.8) is 0 Å². The van der Waals surface area contributed by atoms with E-state index in [1.165, 1.54) is 6.26 Å². The molecule has 0 bridgehead atoms. The minimum Gasteiger partial charge on any atom is -0.467 e. The Balaban J connectivity index is 1.38. The Bertz CT molecular complexity index is 807. The average molecular weight is 383 g/mol. The van der Waals surface area contributed by atoms with Gasteiger partial charge in [-0.1, -0.05) is 29.8 Å². The number of furan rings is 1.